The average molecular weight is 226 g/mol. The van der Waals surface area contributed by atoms with E-state index in [1.807, 2.05) is 11.8 Å². The van der Waals surface area contributed by atoms with Gasteiger partial charge in [-0.3, -0.25) is 4.79 Å². The predicted octanol–water partition coefficient (Wildman–Crippen LogP) is 2.01. The van der Waals surface area contributed by atoms with Crippen LogP contribution in [0.4, 0.5) is 0 Å². The van der Waals surface area contributed by atoms with Gasteiger partial charge in [-0.2, -0.15) is 0 Å². The minimum absolute atomic E-state index is 0.0178. The van der Waals surface area contributed by atoms with Crippen molar-refractivity contribution in [1.82, 2.24) is 4.90 Å². The number of amides is 1. The van der Waals surface area contributed by atoms with Crippen LogP contribution in [0.2, 0.25) is 0 Å². The molecule has 1 unspecified atom stereocenters. The summed E-state index contributed by atoms with van der Waals surface area (Å²) in [4.78, 5) is 14.0. The van der Waals surface area contributed by atoms with Gasteiger partial charge in [0.15, 0.2) is 0 Å². The number of carbonyl (C=O) groups excluding carboxylic acids is 1. The largest absolute Gasteiger partial charge is 0.342 e. The highest BCUT2D eigenvalue weighted by molar-refractivity contribution is 5.78. The topological polar surface area (TPSA) is 46.3 Å². The zero-order valence-corrected chi connectivity index (χ0v) is 11.0. The van der Waals surface area contributed by atoms with Crippen molar-refractivity contribution in [3.63, 3.8) is 0 Å². The Bertz CT molecular complexity index is 226. The Morgan fingerprint density at radius 2 is 1.81 bits per heavy atom. The third-order valence-corrected chi connectivity index (χ3v) is 4.41. The smallest absolute Gasteiger partial charge is 0.226 e. The summed E-state index contributed by atoms with van der Waals surface area (Å²) in [5, 5.41) is 0. The summed E-state index contributed by atoms with van der Waals surface area (Å²) in [6.07, 6.45) is 4.78. The number of carbonyl (C=O) groups is 1. The molecule has 1 rings (SSSR count). The molecule has 0 radical (unpaired) electrons. The normalized spacial score (nSPS) is 21.9. The van der Waals surface area contributed by atoms with E-state index in [-0.39, 0.29) is 11.8 Å². The van der Waals surface area contributed by atoms with Crippen molar-refractivity contribution in [2.45, 2.75) is 46.5 Å². The van der Waals surface area contributed by atoms with Crippen molar-refractivity contribution < 1.29 is 4.79 Å². The number of likely N-dealkylation sites (tertiary alicyclic amines) is 1. The fourth-order valence-corrected chi connectivity index (χ4v) is 2.57. The van der Waals surface area contributed by atoms with Gasteiger partial charge in [-0.05, 0) is 18.3 Å². The van der Waals surface area contributed by atoms with E-state index in [9.17, 15) is 4.79 Å². The fourth-order valence-electron chi connectivity index (χ4n) is 2.57. The Kier molecular flexibility index (Phi) is 4.78. The summed E-state index contributed by atoms with van der Waals surface area (Å²) in [6.45, 7) is 8.76. The number of piperidine rings is 1. The van der Waals surface area contributed by atoms with Crippen LogP contribution in [0.3, 0.4) is 0 Å². The molecule has 1 saturated heterocycles. The molecule has 2 N–H and O–H groups in total. The van der Waals surface area contributed by atoms with Gasteiger partial charge in [-0.1, -0.05) is 33.6 Å². The predicted molar refractivity (Wildman–Crippen MR) is 67.0 cm³/mol. The highest BCUT2D eigenvalue weighted by Crippen LogP contribution is 2.38. The SMILES string of the molecule is CCC1(CC)CCN(C(=O)C(C)CN)CC1. The van der Waals surface area contributed by atoms with E-state index < -0.39 is 0 Å². The molecule has 16 heavy (non-hydrogen) atoms. The fraction of sp³-hybridized carbons (Fsp3) is 0.923. The van der Waals surface area contributed by atoms with E-state index in [2.05, 4.69) is 13.8 Å². The number of nitrogens with two attached hydrogens (primary N) is 1. The van der Waals surface area contributed by atoms with E-state index in [0.29, 0.717) is 12.0 Å². The summed E-state index contributed by atoms with van der Waals surface area (Å²) in [5.74, 6) is 0.221. The Balaban J connectivity index is 2.51. The molecule has 0 spiro atoms. The quantitative estimate of drug-likeness (QED) is 0.797. The van der Waals surface area contributed by atoms with Crippen LogP contribution in [-0.4, -0.2) is 30.4 Å². The first kappa shape index (κ1) is 13.5. The first-order valence-corrected chi connectivity index (χ1v) is 6.57. The molecule has 0 aromatic heterocycles. The number of hydrogen-bond acceptors (Lipinski definition) is 2. The lowest BCUT2D eigenvalue weighted by Crippen LogP contribution is -2.45. The van der Waals surface area contributed by atoms with Crippen molar-refractivity contribution >= 4 is 5.91 Å². The number of hydrogen-bond donors (Lipinski definition) is 1. The Morgan fingerprint density at radius 3 is 2.19 bits per heavy atom. The van der Waals surface area contributed by atoms with Crippen LogP contribution in [-0.2, 0) is 4.79 Å². The molecule has 94 valence electrons. The van der Waals surface area contributed by atoms with Crippen LogP contribution in [0.15, 0.2) is 0 Å². The Hall–Kier alpha value is -0.570. The van der Waals surface area contributed by atoms with Gasteiger partial charge in [0.25, 0.3) is 0 Å². The molecule has 1 fully saturated rings. The summed E-state index contributed by atoms with van der Waals surface area (Å²) in [6, 6.07) is 0. The molecular weight excluding hydrogens is 200 g/mol. The Labute approximate surface area is 99.4 Å². The average Bonchev–Trinajstić information content (AvgIpc) is 2.37. The van der Waals surface area contributed by atoms with Crippen molar-refractivity contribution in [2.75, 3.05) is 19.6 Å². The van der Waals surface area contributed by atoms with Gasteiger partial charge in [0, 0.05) is 25.6 Å². The maximum atomic E-state index is 12.0. The second-order valence-electron chi connectivity index (χ2n) is 5.17. The molecule has 0 aromatic rings. The van der Waals surface area contributed by atoms with Crippen molar-refractivity contribution in [2.24, 2.45) is 17.1 Å². The lowest BCUT2D eigenvalue weighted by molar-refractivity contribution is -0.137. The van der Waals surface area contributed by atoms with Gasteiger partial charge in [-0.25, -0.2) is 0 Å². The standard InChI is InChI=1S/C13H26N2O/c1-4-13(5-2)6-8-15(9-7-13)12(16)11(3)10-14/h11H,4-10,14H2,1-3H3. The summed E-state index contributed by atoms with van der Waals surface area (Å²) in [5.41, 5.74) is 6.03. The highest BCUT2D eigenvalue weighted by atomic mass is 16.2. The van der Waals surface area contributed by atoms with Crippen LogP contribution in [0.1, 0.15) is 46.5 Å². The first-order chi connectivity index (χ1) is 7.58. The van der Waals surface area contributed by atoms with E-state index >= 15 is 0 Å². The van der Waals surface area contributed by atoms with E-state index in [1.165, 1.54) is 12.8 Å². The van der Waals surface area contributed by atoms with Crippen molar-refractivity contribution in [1.29, 1.82) is 0 Å². The molecule has 0 bridgehead atoms. The molecule has 0 aliphatic carbocycles. The maximum absolute atomic E-state index is 12.0. The zero-order chi connectivity index (χ0) is 12.2. The second kappa shape index (κ2) is 5.67. The molecular formula is C13H26N2O. The van der Waals surface area contributed by atoms with Crippen molar-refractivity contribution in [3.8, 4) is 0 Å². The van der Waals surface area contributed by atoms with Gasteiger partial charge in [0.05, 0.1) is 0 Å². The molecule has 1 aliphatic heterocycles. The van der Waals surface area contributed by atoms with Crippen LogP contribution >= 0.6 is 0 Å². The summed E-state index contributed by atoms with van der Waals surface area (Å²) in [7, 11) is 0. The lowest BCUT2D eigenvalue weighted by atomic mass is 9.74. The monoisotopic (exact) mass is 226 g/mol. The molecule has 3 heteroatoms. The molecule has 1 atom stereocenters. The first-order valence-electron chi connectivity index (χ1n) is 6.57. The van der Waals surface area contributed by atoms with Crippen LogP contribution in [0.25, 0.3) is 0 Å². The molecule has 1 heterocycles. The maximum Gasteiger partial charge on any atom is 0.226 e. The molecule has 3 nitrogen and oxygen atoms in total. The summed E-state index contributed by atoms with van der Waals surface area (Å²) >= 11 is 0. The molecule has 1 aliphatic rings. The van der Waals surface area contributed by atoms with Crippen molar-refractivity contribution in [3.05, 3.63) is 0 Å². The van der Waals surface area contributed by atoms with Gasteiger partial charge >= 0.3 is 0 Å². The molecule has 0 aromatic carbocycles. The van der Waals surface area contributed by atoms with Crippen LogP contribution in [0.5, 0.6) is 0 Å². The van der Waals surface area contributed by atoms with E-state index in [1.54, 1.807) is 0 Å². The minimum atomic E-state index is -0.0178. The third-order valence-electron chi connectivity index (χ3n) is 4.41. The highest BCUT2D eigenvalue weighted by Gasteiger charge is 2.33. The van der Waals surface area contributed by atoms with Crippen LogP contribution in [0, 0.1) is 11.3 Å². The minimum Gasteiger partial charge on any atom is -0.342 e. The second-order valence-corrected chi connectivity index (χ2v) is 5.17. The molecule has 0 saturated carbocycles. The Morgan fingerprint density at radius 1 is 1.31 bits per heavy atom. The summed E-state index contributed by atoms with van der Waals surface area (Å²) < 4.78 is 0. The van der Waals surface area contributed by atoms with Gasteiger partial charge < -0.3 is 10.6 Å². The number of nitrogens with zero attached hydrogens (tertiary/aromatic N) is 1. The number of rotatable bonds is 4. The lowest BCUT2D eigenvalue weighted by Gasteiger charge is -2.41. The van der Waals surface area contributed by atoms with Gasteiger partial charge in [0.1, 0.15) is 0 Å². The zero-order valence-electron chi connectivity index (χ0n) is 11.0. The van der Waals surface area contributed by atoms with Gasteiger partial charge in [-0.15, -0.1) is 0 Å². The van der Waals surface area contributed by atoms with Crippen LogP contribution < -0.4 is 5.73 Å². The van der Waals surface area contributed by atoms with E-state index in [4.69, 9.17) is 5.73 Å². The van der Waals surface area contributed by atoms with Gasteiger partial charge in [0.2, 0.25) is 5.91 Å². The molecule has 1 amide bonds. The third kappa shape index (κ3) is 2.76. The van der Waals surface area contributed by atoms with E-state index in [0.717, 1.165) is 25.9 Å².